The lowest BCUT2D eigenvalue weighted by Gasteiger charge is -2.44. The summed E-state index contributed by atoms with van der Waals surface area (Å²) in [6.45, 7) is 4.24. The van der Waals surface area contributed by atoms with Gasteiger partial charge in [0.25, 0.3) is 0 Å². The molecule has 118 valence electrons. The highest BCUT2D eigenvalue weighted by Gasteiger charge is 2.38. The number of nitrogens with two attached hydrogens (primary N) is 1. The minimum Gasteiger partial charge on any atom is -0.351 e. The molecule has 23 heavy (non-hydrogen) atoms. The Morgan fingerprint density at radius 3 is 2.78 bits per heavy atom. The minimum atomic E-state index is -0.395. The SMILES string of the molecule is CC1(c2ccc3c(c2)Cc2ccccc2-3)CNCCN1C(N)=O. The summed E-state index contributed by atoms with van der Waals surface area (Å²) in [5.41, 5.74) is 11.7. The van der Waals surface area contributed by atoms with Gasteiger partial charge < -0.3 is 16.0 Å². The quantitative estimate of drug-likeness (QED) is 0.725. The smallest absolute Gasteiger partial charge is 0.315 e. The van der Waals surface area contributed by atoms with Crippen LogP contribution in [0.15, 0.2) is 42.5 Å². The van der Waals surface area contributed by atoms with Crippen molar-refractivity contribution >= 4 is 6.03 Å². The van der Waals surface area contributed by atoms with Gasteiger partial charge in [-0.25, -0.2) is 4.79 Å². The van der Waals surface area contributed by atoms with Crippen LogP contribution in [0.4, 0.5) is 4.79 Å². The van der Waals surface area contributed by atoms with Crippen LogP contribution in [-0.2, 0) is 12.0 Å². The van der Waals surface area contributed by atoms with Crippen molar-refractivity contribution in [3.8, 4) is 11.1 Å². The van der Waals surface area contributed by atoms with Crippen molar-refractivity contribution in [2.75, 3.05) is 19.6 Å². The van der Waals surface area contributed by atoms with Crippen molar-refractivity contribution in [3.05, 3.63) is 59.2 Å². The highest BCUT2D eigenvalue weighted by Crippen LogP contribution is 2.39. The Morgan fingerprint density at radius 2 is 1.96 bits per heavy atom. The number of piperazine rings is 1. The fourth-order valence-electron chi connectivity index (χ4n) is 3.96. The monoisotopic (exact) mass is 307 g/mol. The van der Waals surface area contributed by atoms with Gasteiger partial charge in [0.15, 0.2) is 0 Å². The molecular weight excluding hydrogens is 286 g/mol. The van der Waals surface area contributed by atoms with Gasteiger partial charge in [0.1, 0.15) is 0 Å². The number of benzene rings is 2. The summed E-state index contributed by atoms with van der Waals surface area (Å²) < 4.78 is 0. The molecule has 0 radical (unpaired) electrons. The van der Waals surface area contributed by atoms with Gasteiger partial charge in [-0.1, -0.05) is 42.5 Å². The second-order valence-corrected chi connectivity index (χ2v) is 6.65. The fourth-order valence-corrected chi connectivity index (χ4v) is 3.96. The van der Waals surface area contributed by atoms with Crippen LogP contribution in [0.25, 0.3) is 11.1 Å². The van der Waals surface area contributed by atoms with Crippen molar-refractivity contribution < 1.29 is 4.79 Å². The summed E-state index contributed by atoms with van der Waals surface area (Å²) in [7, 11) is 0. The zero-order chi connectivity index (χ0) is 16.0. The molecule has 1 heterocycles. The van der Waals surface area contributed by atoms with Gasteiger partial charge in [-0.3, -0.25) is 0 Å². The van der Waals surface area contributed by atoms with Crippen molar-refractivity contribution in [2.45, 2.75) is 18.9 Å². The first-order valence-corrected chi connectivity index (χ1v) is 8.09. The molecule has 2 aromatic carbocycles. The fraction of sp³-hybridized carbons (Fsp3) is 0.316. The molecule has 0 saturated carbocycles. The number of nitrogens with zero attached hydrogens (tertiary/aromatic N) is 1. The average Bonchev–Trinajstić information content (AvgIpc) is 2.92. The molecule has 1 atom stereocenters. The molecular formula is C19H21N3O. The summed E-state index contributed by atoms with van der Waals surface area (Å²) in [5.74, 6) is 0. The van der Waals surface area contributed by atoms with Gasteiger partial charge in [0, 0.05) is 19.6 Å². The number of carbonyl (C=O) groups is 1. The van der Waals surface area contributed by atoms with E-state index >= 15 is 0 Å². The minimum absolute atomic E-state index is 0.349. The maximum atomic E-state index is 11.9. The maximum Gasteiger partial charge on any atom is 0.315 e. The summed E-state index contributed by atoms with van der Waals surface area (Å²) in [4.78, 5) is 13.7. The highest BCUT2D eigenvalue weighted by molar-refractivity contribution is 5.78. The molecule has 2 aliphatic rings. The predicted octanol–water partition coefficient (Wildman–Crippen LogP) is 2.46. The van der Waals surface area contributed by atoms with E-state index in [1.54, 1.807) is 4.90 Å². The van der Waals surface area contributed by atoms with Gasteiger partial charge >= 0.3 is 6.03 Å². The first-order valence-electron chi connectivity index (χ1n) is 8.09. The van der Waals surface area contributed by atoms with E-state index in [-0.39, 0.29) is 6.03 Å². The largest absolute Gasteiger partial charge is 0.351 e. The van der Waals surface area contributed by atoms with Crippen LogP contribution >= 0.6 is 0 Å². The molecule has 0 bridgehead atoms. The normalized spacial score (nSPS) is 22.6. The summed E-state index contributed by atoms with van der Waals surface area (Å²) in [6, 6.07) is 14.8. The van der Waals surface area contributed by atoms with Gasteiger partial charge in [0.2, 0.25) is 0 Å². The third-order valence-electron chi connectivity index (χ3n) is 5.26. The van der Waals surface area contributed by atoms with Crippen molar-refractivity contribution in [1.82, 2.24) is 10.2 Å². The number of hydrogen-bond donors (Lipinski definition) is 2. The van der Waals surface area contributed by atoms with Crippen molar-refractivity contribution in [3.63, 3.8) is 0 Å². The van der Waals surface area contributed by atoms with Crippen LogP contribution < -0.4 is 11.1 Å². The molecule has 4 rings (SSSR count). The Labute approximate surface area is 136 Å². The number of hydrogen-bond acceptors (Lipinski definition) is 2. The summed E-state index contributed by atoms with van der Waals surface area (Å²) >= 11 is 0. The number of nitrogens with one attached hydrogen (secondary N) is 1. The zero-order valence-electron chi connectivity index (χ0n) is 13.3. The molecule has 1 aliphatic carbocycles. The summed E-state index contributed by atoms with van der Waals surface area (Å²) in [5, 5.41) is 3.39. The molecule has 1 aliphatic heterocycles. The number of amides is 2. The predicted molar refractivity (Wildman–Crippen MR) is 91.2 cm³/mol. The van der Waals surface area contributed by atoms with Gasteiger partial charge in [-0.05, 0) is 41.2 Å². The average molecular weight is 307 g/mol. The standard InChI is InChI=1S/C19H21N3O/c1-19(12-21-8-9-22(19)18(20)23)15-6-7-17-14(11-15)10-13-4-2-3-5-16(13)17/h2-7,11,21H,8-10,12H2,1H3,(H2,20,23). The molecule has 4 heteroatoms. The van der Waals surface area contributed by atoms with E-state index in [1.165, 1.54) is 22.3 Å². The van der Waals surface area contributed by atoms with Crippen LogP contribution in [0.1, 0.15) is 23.6 Å². The Morgan fingerprint density at radius 1 is 1.17 bits per heavy atom. The summed E-state index contributed by atoms with van der Waals surface area (Å²) in [6.07, 6.45) is 0.958. The van der Waals surface area contributed by atoms with Gasteiger partial charge in [-0.2, -0.15) is 0 Å². The molecule has 2 amide bonds. The second-order valence-electron chi connectivity index (χ2n) is 6.65. The highest BCUT2D eigenvalue weighted by atomic mass is 16.2. The lowest BCUT2D eigenvalue weighted by molar-refractivity contribution is 0.106. The molecule has 0 aromatic heterocycles. The Kier molecular flexibility index (Phi) is 3.16. The maximum absolute atomic E-state index is 11.9. The molecule has 1 saturated heterocycles. The second kappa shape index (κ2) is 5.10. The van der Waals surface area contributed by atoms with Crippen LogP contribution in [0, 0.1) is 0 Å². The Balaban J connectivity index is 1.77. The first-order chi connectivity index (χ1) is 11.1. The lowest BCUT2D eigenvalue weighted by Crippen LogP contribution is -2.60. The Hall–Kier alpha value is -2.33. The van der Waals surface area contributed by atoms with Crippen LogP contribution in [-0.4, -0.2) is 30.6 Å². The van der Waals surface area contributed by atoms with Crippen LogP contribution in [0.3, 0.4) is 0 Å². The van der Waals surface area contributed by atoms with Gasteiger partial charge in [-0.15, -0.1) is 0 Å². The van der Waals surface area contributed by atoms with E-state index in [0.717, 1.165) is 25.1 Å². The van der Waals surface area contributed by atoms with E-state index in [4.69, 9.17) is 5.73 Å². The van der Waals surface area contributed by atoms with E-state index in [2.05, 4.69) is 54.7 Å². The third-order valence-corrected chi connectivity index (χ3v) is 5.26. The number of primary amides is 1. The number of urea groups is 1. The molecule has 3 N–H and O–H groups in total. The zero-order valence-corrected chi connectivity index (χ0v) is 13.3. The van der Waals surface area contributed by atoms with Crippen molar-refractivity contribution in [2.24, 2.45) is 5.73 Å². The topological polar surface area (TPSA) is 58.4 Å². The van der Waals surface area contributed by atoms with E-state index in [1.807, 2.05) is 0 Å². The third kappa shape index (κ3) is 2.13. The lowest BCUT2D eigenvalue weighted by atomic mass is 9.86. The molecule has 4 nitrogen and oxygen atoms in total. The molecule has 1 unspecified atom stereocenters. The first kappa shape index (κ1) is 14.3. The molecule has 0 spiro atoms. The molecule has 2 aromatic rings. The van der Waals surface area contributed by atoms with E-state index in [0.29, 0.717) is 6.54 Å². The van der Waals surface area contributed by atoms with E-state index in [9.17, 15) is 4.79 Å². The van der Waals surface area contributed by atoms with E-state index < -0.39 is 5.54 Å². The molecule has 1 fully saturated rings. The number of carbonyl (C=O) groups excluding carboxylic acids is 1. The van der Waals surface area contributed by atoms with Crippen LogP contribution in [0.2, 0.25) is 0 Å². The number of rotatable bonds is 1. The Bertz CT molecular complexity index is 786. The van der Waals surface area contributed by atoms with Crippen LogP contribution in [0.5, 0.6) is 0 Å². The number of fused-ring (bicyclic) bond motifs is 3. The van der Waals surface area contributed by atoms with Crippen molar-refractivity contribution in [1.29, 1.82) is 0 Å². The van der Waals surface area contributed by atoms with Gasteiger partial charge in [0.05, 0.1) is 5.54 Å².